The summed E-state index contributed by atoms with van der Waals surface area (Å²) >= 11 is 10.2. The second-order valence-electron chi connectivity index (χ2n) is 7.97. The molecule has 0 amide bonds. The Morgan fingerprint density at radius 3 is 2.06 bits per heavy atom. The highest BCUT2D eigenvalue weighted by molar-refractivity contribution is 7.27. The number of benzene rings is 5. The van der Waals surface area contributed by atoms with Crippen molar-refractivity contribution in [2.24, 2.45) is 0 Å². The van der Waals surface area contributed by atoms with Gasteiger partial charge in [-0.2, -0.15) is 0 Å². The summed E-state index contributed by atoms with van der Waals surface area (Å²) in [6.07, 6.45) is 0. The molecule has 1 N–H and O–H groups in total. The smallest absolute Gasteiger partial charge is 0.0640 e. The normalized spacial score (nSPS) is 11.9. The molecule has 0 saturated heterocycles. The summed E-state index contributed by atoms with van der Waals surface area (Å²) in [4.78, 5) is 0. The Balaban J connectivity index is 1.68. The van der Waals surface area contributed by atoms with Crippen LogP contribution in [0.1, 0.15) is 0 Å². The van der Waals surface area contributed by atoms with Gasteiger partial charge in [0, 0.05) is 41.0 Å². The van der Waals surface area contributed by atoms with Gasteiger partial charge >= 0.3 is 0 Å². The number of halogens is 1. The zero-order valence-electron chi connectivity index (χ0n) is 16.9. The summed E-state index contributed by atoms with van der Waals surface area (Å²) in [5.41, 5.74) is 2.02. The van der Waals surface area contributed by atoms with Gasteiger partial charge in [-0.05, 0) is 41.8 Å². The molecule has 0 bridgehead atoms. The lowest BCUT2D eigenvalue weighted by Gasteiger charge is -2.12. The van der Waals surface area contributed by atoms with Crippen molar-refractivity contribution in [2.75, 3.05) is 5.32 Å². The van der Waals surface area contributed by atoms with E-state index in [1.165, 1.54) is 51.1 Å². The Bertz CT molecular complexity index is 1830. The molecule has 7 rings (SSSR count). The van der Waals surface area contributed by atoms with E-state index >= 15 is 0 Å². The molecule has 7 aromatic rings. The SMILES string of the molecule is Clc1ccccc1Nc1cc2ccc3sc4ccccc4c3c2c2c1sc1ccccc12. The Morgan fingerprint density at radius 1 is 0.562 bits per heavy atom. The van der Waals surface area contributed by atoms with Crippen LogP contribution in [0.2, 0.25) is 5.02 Å². The van der Waals surface area contributed by atoms with Crippen LogP contribution in [0.25, 0.3) is 51.1 Å². The molecule has 2 aromatic heterocycles. The first-order valence-corrected chi connectivity index (χ1v) is 12.5. The topological polar surface area (TPSA) is 12.0 Å². The van der Waals surface area contributed by atoms with Gasteiger partial charge in [0.15, 0.2) is 0 Å². The molecule has 1 nitrogen and oxygen atoms in total. The lowest BCUT2D eigenvalue weighted by molar-refractivity contribution is 1.60. The minimum absolute atomic E-state index is 0.723. The fourth-order valence-electron chi connectivity index (χ4n) is 4.73. The van der Waals surface area contributed by atoms with Crippen LogP contribution >= 0.6 is 34.3 Å². The highest BCUT2D eigenvalue weighted by Crippen LogP contribution is 2.48. The Hall–Kier alpha value is -3.11. The fourth-order valence-corrected chi connectivity index (χ4v) is 7.20. The standard InChI is InChI=1S/C28H16ClNS2/c29-19-9-3-4-10-20(19)30-21-15-16-13-14-24-26(17-7-1-5-11-22(17)31-24)25(16)27-18-8-2-6-12-23(18)32-28(21)27/h1-15,30H. The van der Waals surface area contributed by atoms with Gasteiger partial charge in [0.2, 0.25) is 0 Å². The highest BCUT2D eigenvalue weighted by atomic mass is 35.5. The van der Waals surface area contributed by atoms with Crippen LogP contribution in [-0.4, -0.2) is 0 Å². The number of thiophene rings is 2. The maximum absolute atomic E-state index is 6.49. The number of para-hydroxylation sites is 1. The van der Waals surface area contributed by atoms with Gasteiger partial charge in [0.25, 0.3) is 0 Å². The molecule has 0 aliphatic rings. The minimum Gasteiger partial charge on any atom is -0.353 e. The van der Waals surface area contributed by atoms with E-state index in [0.29, 0.717) is 0 Å². The summed E-state index contributed by atoms with van der Waals surface area (Å²) in [5, 5.41) is 12.3. The molecule has 0 saturated carbocycles. The van der Waals surface area contributed by atoms with E-state index in [2.05, 4.69) is 72.0 Å². The van der Waals surface area contributed by atoms with Crippen molar-refractivity contribution in [3.05, 3.63) is 96.0 Å². The Labute approximate surface area is 197 Å². The lowest BCUT2D eigenvalue weighted by atomic mass is 9.98. The third kappa shape index (κ3) is 2.62. The van der Waals surface area contributed by atoms with E-state index in [9.17, 15) is 0 Å². The molecule has 0 aliphatic heterocycles. The number of hydrogen-bond donors (Lipinski definition) is 1. The van der Waals surface area contributed by atoms with Crippen LogP contribution in [0.3, 0.4) is 0 Å². The summed E-state index contributed by atoms with van der Waals surface area (Å²) in [5.74, 6) is 0. The second kappa shape index (κ2) is 6.94. The zero-order chi connectivity index (χ0) is 21.2. The van der Waals surface area contributed by atoms with Gasteiger partial charge in [-0.1, -0.05) is 66.2 Å². The molecule has 0 radical (unpaired) electrons. The Kier molecular flexibility index (Phi) is 4.01. The van der Waals surface area contributed by atoms with E-state index < -0.39 is 0 Å². The number of fused-ring (bicyclic) bond motifs is 9. The number of anilines is 2. The molecule has 0 fully saturated rings. The molecule has 2 heterocycles. The van der Waals surface area contributed by atoms with Crippen LogP contribution in [0.15, 0.2) is 91.0 Å². The van der Waals surface area contributed by atoms with E-state index in [-0.39, 0.29) is 0 Å². The van der Waals surface area contributed by atoms with Crippen LogP contribution in [-0.2, 0) is 0 Å². The van der Waals surface area contributed by atoms with Gasteiger partial charge in [0.1, 0.15) is 0 Å². The van der Waals surface area contributed by atoms with Crippen molar-refractivity contribution in [2.45, 2.75) is 0 Å². The zero-order valence-corrected chi connectivity index (χ0v) is 19.2. The monoisotopic (exact) mass is 465 g/mol. The van der Waals surface area contributed by atoms with Crippen molar-refractivity contribution in [3.8, 4) is 0 Å². The Morgan fingerprint density at radius 2 is 1.25 bits per heavy atom. The van der Waals surface area contributed by atoms with Crippen LogP contribution in [0.4, 0.5) is 11.4 Å². The summed E-state index contributed by atoms with van der Waals surface area (Å²) in [6, 6.07) is 32.2. The van der Waals surface area contributed by atoms with Crippen molar-refractivity contribution in [1.29, 1.82) is 0 Å². The van der Waals surface area contributed by atoms with Crippen LogP contribution < -0.4 is 5.32 Å². The minimum atomic E-state index is 0.723. The predicted molar refractivity (Wildman–Crippen MR) is 144 cm³/mol. The highest BCUT2D eigenvalue weighted by Gasteiger charge is 2.18. The van der Waals surface area contributed by atoms with Gasteiger partial charge in [0.05, 0.1) is 21.1 Å². The van der Waals surface area contributed by atoms with Crippen LogP contribution in [0.5, 0.6) is 0 Å². The summed E-state index contributed by atoms with van der Waals surface area (Å²) in [6.45, 7) is 0. The quantitative estimate of drug-likeness (QED) is 0.268. The van der Waals surface area contributed by atoms with E-state index in [0.717, 1.165) is 16.4 Å². The van der Waals surface area contributed by atoms with Gasteiger partial charge in [-0.15, -0.1) is 22.7 Å². The van der Waals surface area contributed by atoms with Crippen molar-refractivity contribution in [1.82, 2.24) is 0 Å². The predicted octanol–water partition coefficient (Wildman–Crippen LogP) is 9.97. The molecule has 152 valence electrons. The third-order valence-electron chi connectivity index (χ3n) is 6.11. The summed E-state index contributed by atoms with van der Waals surface area (Å²) in [7, 11) is 0. The molecule has 0 atom stereocenters. The lowest BCUT2D eigenvalue weighted by Crippen LogP contribution is -1.92. The summed E-state index contributed by atoms with van der Waals surface area (Å²) < 4.78 is 5.23. The average Bonchev–Trinajstić information content (AvgIpc) is 3.39. The van der Waals surface area contributed by atoms with Crippen LogP contribution in [0, 0.1) is 0 Å². The number of rotatable bonds is 2. The molecule has 4 heteroatoms. The van der Waals surface area contributed by atoms with E-state index in [1.807, 2.05) is 46.9 Å². The first kappa shape index (κ1) is 18.5. The second-order valence-corrected chi connectivity index (χ2v) is 10.5. The maximum atomic E-state index is 6.49. The van der Waals surface area contributed by atoms with Gasteiger partial charge < -0.3 is 5.32 Å². The maximum Gasteiger partial charge on any atom is 0.0640 e. The largest absolute Gasteiger partial charge is 0.353 e. The molecule has 0 unspecified atom stereocenters. The van der Waals surface area contributed by atoms with Crippen molar-refractivity contribution in [3.63, 3.8) is 0 Å². The fraction of sp³-hybridized carbons (Fsp3) is 0. The first-order valence-electron chi connectivity index (χ1n) is 10.5. The van der Waals surface area contributed by atoms with E-state index in [4.69, 9.17) is 11.6 Å². The first-order chi connectivity index (χ1) is 15.8. The molecule has 32 heavy (non-hydrogen) atoms. The number of nitrogens with one attached hydrogen (secondary N) is 1. The van der Waals surface area contributed by atoms with E-state index in [1.54, 1.807) is 0 Å². The molecule has 0 aliphatic carbocycles. The van der Waals surface area contributed by atoms with Crippen molar-refractivity contribution < 1.29 is 0 Å². The molecule has 0 spiro atoms. The average molecular weight is 466 g/mol. The third-order valence-corrected chi connectivity index (χ3v) is 8.78. The molecular formula is C28H16ClNS2. The van der Waals surface area contributed by atoms with Gasteiger partial charge in [-0.25, -0.2) is 0 Å². The van der Waals surface area contributed by atoms with Crippen molar-refractivity contribution >= 4 is 96.8 Å². The number of hydrogen-bond acceptors (Lipinski definition) is 3. The van der Waals surface area contributed by atoms with Gasteiger partial charge in [-0.3, -0.25) is 0 Å². The molecular weight excluding hydrogens is 450 g/mol. The molecule has 5 aromatic carbocycles.